The Kier molecular flexibility index (Phi) is 6.89. The molecule has 1 aromatic heterocycles. The number of amides is 1. The van der Waals surface area contributed by atoms with E-state index in [0.717, 1.165) is 11.1 Å². The van der Waals surface area contributed by atoms with Gasteiger partial charge in [-0.2, -0.15) is 8.78 Å². The number of halogens is 2. The number of nitrogens with zero attached hydrogens (tertiary/aromatic N) is 3. The molecule has 1 aromatic carbocycles. The lowest BCUT2D eigenvalue weighted by molar-refractivity contribution is -0.132. The van der Waals surface area contributed by atoms with Gasteiger partial charge in [-0.05, 0) is 29.3 Å². The smallest absolute Gasteiger partial charge is 0.387 e. The molecule has 1 aliphatic rings. The average molecular weight is 391 g/mol. The molecule has 3 rings (SSSR count). The Bertz CT molecular complexity index is 759. The highest BCUT2D eigenvalue weighted by atomic mass is 19.3. The quantitative estimate of drug-likeness (QED) is 0.726. The predicted molar refractivity (Wildman–Crippen MR) is 98.8 cm³/mol. The third kappa shape index (κ3) is 5.71. The van der Waals surface area contributed by atoms with Gasteiger partial charge in [0, 0.05) is 45.7 Å². The van der Waals surface area contributed by atoms with Gasteiger partial charge in [0.2, 0.25) is 5.91 Å². The molecule has 0 N–H and O–H groups in total. The summed E-state index contributed by atoms with van der Waals surface area (Å²) in [4.78, 5) is 20.6. The Balaban J connectivity index is 1.65. The predicted octanol–water partition coefficient (Wildman–Crippen LogP) is 2.54. The van der Waals surface area contributed by atoms with Crippen molar-refractivity contribution in [1.29, 1.82) is 0 Å². The van der Waals surface area contributed by atoms with Crippen molar-refractivity contribution in [2.24, 2.45) is 0 Å². The van der Waals surface area contributed by atoms with Gasteiger partial charge in [0.25, 0.3) is 0 Å². The number of hydrogen-bond donors (Lipinski definition) is 0. The van der Waals surface area contributed by atoms with Crippen LogP contribution in [0.1, 0.15) is 11.1 Å². The zero-order valence-electron chi connectivity index (χ0n) is 15.6. The van der Waals surface area contributed by atoms with Crippen molar-refractivity contribution in [2.75, 3.05) is 26.7 Å². The molecule has 2 aromatic rings. The summed E-state index contributed by atoms with van der Waals surface area (Å²) in [6.45, 7) is -0.484. The number of benzene rings is 1. The van der Waals surface area contributed by atoms with Crippen LogP contribution in [0.4, 0.5) is 8.78 Å². The summed E-state index contributed by atoms with van der Waals surface area (Å²) in [6, 6.07) is 10.2. The highest BCUT2D eigenvalue weighted by Crippen LogP contribution is 2.18. The standard InChI is InChI=1S/C20H23F2N3O3/c1-27-18-12-24(10-15-4-6-17(7-5-15)28-20(21)22)14-19(26)25(13-18)11-16-3-2-8-23-9-16/h2-9,18,20H,10-14H2,1H3. The van der Waals surface area contributed by atoms with Crippen molar-refractivity contribution >= 4 is 5.91 Å². The SMILES string of the molecule is COC1CN(Cc2ccc(OC(F)F)cc2)CC(=O)N(Cc2cccnc2)C1. The minimum absolute atomic E-state index is 0.0149. The zero-order valence-corrected chi connectivity index (χ0v) is 15.6. The summed E-state index contributed by atoms with van der Waals surface area (Å²) in [5.74, 6) is 0.129. The fourth-order valence-electron chi connectivity index (χ4n) is 3.22. The summed E-state index contributed by atoms with van der Waals surface area (Å²) in [7, 11) is 1.64. The Labute approximate surface area is 162 Å². The molecule has 0 bridgehead atoms. The first-order valence-corrected chi connectivity index (χ1v) is 8.99. The highest BCUT2D eigenvalue weighted by molar-refractivity contribution is 5.78. The van der Waals surface area contributed by atoms with E-state index >= 15 is 0 Å². The number of pyridine rings is 1. The molecule has 0 radical (unpaired) electrons. The number of alkyl halides is 2. The van der Waals surface area contributed by atoms with Gasteiger partial charge in [0.15, 0.2) is 0 Å². The first-order chi connectivity index (χ1) is 13.5. The van der Waals surface area contributed by atoms with Crippen LogP contribution in [0.15, 0.2) is 48.8 Å². The van der Waals surface area contributed by atoms with Crippen molar-refractivity contribution in [3.63, 3.8) is 0 Å². The number of rotatable bonds is 7. The van der Waals surface area contributed by atoms with Crippen LogP contribution in [0.25, 0.3) is 0 Å². The van der Waals surface area contributed by atoms with Crippen molar-refractivity contribution in [1.82, 2.24) is 14.8 Å². The molecule has 0 saturated carbocycles. The monoisotopic (exact) mass is 391 g/mol. The summed E-state index contributed by atoms with van der Waals surface area (Å²) in [5, 5.41) is 0. The molecule has 1 unspecified atom stereocenters. The second-order valence-electron chi connectivity index (χ2n) is 6.69. The third-order valence-electron chi connectivity index (χ3n) is 4.58. The van der Waals surface area contributed by atoms with Gasteiger partial charge in [0.1, 0.15) is 5.75 Å². The Hall–Kier alpha value is -2.58. The molecule has 2 heterocycles. The minimum atomic E-state index is -2.85. The van der Waals surface area contributed by atoms with Crippen LogP contribution in [0.5, 0.6) is 5.75 Å². The van der Waals surface area contributed by atoms with Gasteiger partial charge in [-0.15, -0.1) is 0 Å². The number of hydrogen-bond acceptors (Lipinski definition) is 5. The fraction of sp³-hybridized carbons (Fsp3) is 0.400. The van der Waals surface area contributed by atoms with Crippen LogP contribution in [-0.2, 0) is 22.6 Å². The van der Waals surface area contributed by atoms with Crippen LogP contribution in [0.2, 0.25) is 0 Å². The van der Waals surface area contributed by atoms with Crippen LogP contribution in [-0.4, -0.2) is 60.2 Å². The van der Waals surface area contributed by atoms with Crippen molar-refractivity contribution in [3.05, 3.63) is 59.9 Å². The summed E-state index contributed by atoms with van der Waals surface area (Å²) < 4.78 is 34.5. The highest BCUT2D eigenvalue weighted by Gasteiger charge is 2.28. The second-order valence-corrected chi connectivity index (χ2v) is 6.69. The fourth-order valence-corrected chi connectivity index (χ4v) is 3.22. The van der Waals surface area contributed by atoms with Gasteiger partial charge < -0.3 is 14.4 Å². The molecule has 1 fully saturated rings. The van der Waals surface area contributed by atoms with Gasteiger partial charge in [0.05, 0.1) is 12.6 Å². The molecule has 0 spiro atoms. The summed E-state index contributed by atoms with van der Waals surface area (Å²) >= 11 is 0. The normalized spacial score (nSPS) is 18.4. The summed E-state index contributed by atoms with van der Waals surface area (Å²) in [5.41, 5.74) is 1.87. The zero-order chi connectivity index (χ0) is 19.9. The van der Waals surface area contributed by atoms with Crippen molar-refractivity contribution in [2.45, 2.75) is 25.8 Å². The first-order valence-electron chi connectivity index (χ1n) is 8.99. The Morgan fingerprint density at radius 2 is 1.93 bits per heavy atom. The van der Waals surface area contributed by atoms with Crippen molar-refractivity contribution in [3.8, 4) is 5.75 Å². The van der Waals surface area contributed by atoms with Crippen molar-refractivity contribution < 1.29 is 23.0 Å². The molecule has 0 aliphatic carbocycles. The molecular weight excluding hydrogens is 368 g/mol. The topological polar surface area (TPSA) is 54.9 Å². The maximum Gasteiger partial charge on any atom is 0.387 e. The largest absolute Gasteiger partial charge is 0.435 e. The molecular formula is C20H23F2N3O3. The number of aromatic nitrogens is 1. The van der Waals surface area contributed by atoms with Crippen LogP contribution >= 0.6 is 0 Å². The lowest BCUT2D eigenvalue weighted by atomic mass is 10.2. The van der Waals surface area contributed by atoms with Gasteiger partial charge in [-0.3, -0.25) is 14.7 Å². The number of ether oxygens (including phenoxy) is 2. The number of carbonyl (C=O) groups is 1. The van der Waals surface area contributed by atoms with Gasteiger partial charge >= 0.3 is 6.61 Å². The Morgan fingerprint density at radius 3 is 2.57 bits per heavy atom. The molecule has 150 valence electrons. The van der Waals surface area contributed by atoms with E-state index < -0.39 is 6.61 Å². The van der Waals surface area contributed by atoms with E-state index in [-0.39, 0.29) is 24.3 Å². The first kappa shape index (κ1) is 20.2. The van der Waals surface area contributed by atoms with E-state index in [0.29, 0.717) is 26.2 Å². The van der Waals surface area contributed by atoms with E-state index in [1.54, 1.807) is 36.5 Å². The van der Waals surface area contributed by atoms with Gasteiger partial charge in [-0.25, -0.2) is 0 Å². The molecule has 6 nitrogen and oxygen atoms in total. The van der Waals surface area contributed by atoms with Crippen LogP contribution < -0.4 is 4.74 Å². The molecule has 1 saturated heterocycles. The molecule has 8 heteroatoms. The lowest BCUT2D eigenvalue weighted by Gasteiger charge is -2.23. The molecule has 28 heavy (non-hydrogen) atoms. The van der Waals surface area contributed by atoms with Gasteiger partial charge in [-0.1, -0.05) is 18.2 Å². The van der Waals surface area contributed by atoms with Crippen LogP contribution in [0.3, 0.4) is 0 Å². The molecule has 1 aliphatic heterocycles. The average Bonchev–Trinajstić information content (AvgIpc) is 2.82. The number of carbonyl (C=O) groups excluding carboxylic acids is 1. The van der Waals surface area contributed by atoms with E-state index in [4.69, 9.17) is 4.74 Å². The summed E-state index contributed by atoms with van der Waals surface area (Å²) in [6.07, 6.45) is 3.33. The maximum absolute atomic E-state index is 12.8. The lowest BCUT2D eigenvalue weighted by Crippen LogP contribution is -2.37. The van der Waals surface area contributed by atoms with E-state index in [2.05, 4.69) is 9.72 Å². The van der Waals surface area contributed by atoms with E-state index in [9.17, 15) is 13.6 Å². The van der Waals surface area contributed by atoms with E-state index in [1.165, 1.54) is 12.1 Å². The minimum Gasteiger partial charge on any atom is -0.435 e. The molecule has 1 atom stereocenters. The third-order valence-corrected chi connectivity index (χ3v) is 4.58. The Morgan fingerprint density at radius 1 is 1.14 bits per heavy atom. The van der Waals surface area contributed by atoms with Crippen LogP contribution in [0, 0.1) is 0 Å². The number of methoxy groups -OCH3 is 1. The molecule has 1 amide bonds. The van der Waals surface area contributed by atoms with E-state index in [1.807, 2.05) is 17.0 Å². The second kappa shape index (κ2) is 9.57. The maximum atomic E-state index is 12.8.